The standard InChI is InChI=1S/C19H36O.C14H29NO.BrH/c1-4-5-6-7-8-9-10-11-12-13-14-15-18(20)17-16-19(17,2)3;1-2-3-4-5-6-7-8-9-10-11-12-13-14(15)16;/h17H,4-16H2,1-3H3;2-13H2,1H3,(H2,15,16);1H. The van der Waals surface area contributed by atoms with Crippen LogP contribution in [0.4, 0.5) is 0 Å². The molecule has 4 heteroatoms. The first-order valence-electron chi connectivity index (χ1n) is 16.2. The summed E-state index contributed by atoms with van der Waals surface area (Å²) in [5.41, 5.74) is 5.40. The monoisotopic (exact) mass is 587 g/mol. The summed E-state index contributed by atoms with van der Waals surface area (Å²) in [6.07, 6.45) is 31.9. The van der Waals surface area contributed by atoms with Gasteiger partial charge < -0.3 is 5.73 Å². The van der Waals surface area contributed by atoms with E-state index < -0.39 is 0 Å². The predicted molar refractivity (Wildman–Crippen MR) is 169 cm³/mol. The Morgan fingerprint density at radius 3 is 1.11 bits per heavy atom. The fourth-order valence-electron chi connectivity index (χ4n) is 5.12. The molecule has 0 radical (unpaired) electrons. The van der Waals surface area contributed by atoms with Crippen molar-refractivity contribution in [3.63, 3.8) is 0 Å². The van der Waals surface area contributed by atoms with Gasteiger partial charge in [-0.3, -0.25) is 9.59 Å². The Hall–Kier alpha value is -0.380. The van der Waals surface area contributed by atoms with Crippen molar-refractivity contribution in [3.8, 4) is 0 Å². The van der Waals surface area contributed by atoms with E-state index >= 15 is 0 Å². The van der Waals surface area contributed by atoms with Gasteiger partial charge >= 0.3 is 0 Å². The molecule has 0 aliphatic heterocycles. The predicted octanol–water partition coefficient (Wildman–Crippen LogP) is 11.1. The first-order chi connectivity index (χ1) is 17.3. The number of carbonyl (C=O) groups is 2. The van der Waals surface area contributed by atoms with Gasteiger partial charge in [-0.25, -0.2) is 0 Å². The molecule has 1 aliphatic carbocycles. The molecule has 37 heavy (non-hydrogen) atoms. The summed E-state index contributed by atoms with van der Waals surface area (Å²) >= 11 is 0. The molecule has 2 N–H and O–H groups in total. The van der Waals surface area contributed by atoms with Crippen LogP contribution in [0.3, 0.4) is 0 Å². The summed E-state index contributed by atoms with van der Waals surface area (Å²) in [5.74, 6) is 0.771. The molecule has 1 amide bonds. The van der Waals surface area contributed by atoms with Crippen LogP contribution in [0.2, 0.25) is 0 Å². The minimum atomic E-state index is -0.157. The van der Waals surface area contributed by atoms with Crippen molar-refractivity contribution in [2.24, 2.45) is 17.1 Å². The lowest BCUT2D eigenvalue weighted by Crippen LogP contribution is -2.09. The Morgan fingerprint density at radius 2 is 0.838 bits per heavy atom. The van der Waals surface area contributed by atoms with Crippen LogP contribution in [0.25, 0.3) is 0 Å². The van der Waals surface area contributed by atoms with E-state index in [0.29, 0.717) is 23.5 Å². The smallest absolute Gasteiger partial charge is 0.217 e. The molecule has 0 heterocycles. The molecular weight excluding hydrogens is 522 g/mol. The lowest BCUT2D eigenvalue weighted by Gasteiger charge is -2.04. The van der Waals surface area contributed by atoms with Gasteiger partial charge in [-0.1, -0.05) is 156 Å². The van der Waals surface area contributed by atoms with E-state index in [9.17, 15) is 9.59 Å². The molecular formula is C33H66BrNO2. The number of ketones is 1. The van der Waals surface area contributed by atoms with Gasteiger partial charge in [0.1, 0.15) is 5.78 Å². The lowest BCUT2D eigenvalue weighted by molar-refractivity contribution is -0.121. The average molecular weight is 589 g/mol. The van der Waals surface area contributed by atoms with Crippen LogP contribution in [0, 0.1) is 11.3 Å². The van der Waals surface area contributed by atoms with E-state index in [0.717, 1.165) is 25.7 Å². The van der Waals surface area contributed by atoms with Crippen LogP contribution in [0.5, 0.6) is 0 Å². The maximum atomic E-state index is 11.9. The highest BCUT2D eigenvalue weighted by molar-refractivity contribution is 8.93. The number of hydrogen-bond donors (Lipinski definition) is 1. The second kappa shape index (κ2) is 27.2. The largest absolute Gasteiger partial charge is 0.370 e. The molecule has 0 spiro atoms. The minimum absolute atomic E-state index is 0. The number of primary amides is 1. The van der Waals surface area contributed by atoms with Crippen LogP contribution >= 0.6 is 17.0 Å². The summed E-state index contributed by atoms with van der Waals surface area (Å²) in [6.45, 7) is 8.97. The zero-order valence-corrected chi connectivity index (χ0v) is 27.3. The molecule has 3 nitrogen and oxygen atoms in total. The molecule has 1 aliphatic rings. The number of carbonyl (C=O) groups excluding carboxylic acids is 2. The number of halogens is 1. The second-order valence-electron chi connectivity index (χ2n) is 12.2. The summed E-state index contributed by atoms with van der Waals surface area (Å²) in [4.78, 5) is 22.4. The normalized spacial score (nSPS) is 15.4. The first kappa shape index (κ1) is 38.8. The van der Waals surface area contributed by atoms with Crippen LogP contribution in [-0.2, 0) is 9.59 Å². The van der Waals surface area contributed by atoms with E-state index in [1.165, 1.54) is 128 Å². The van der Waals surface area contributed by atoms with Gasteiger partial charge in [-0.2, -0.15) is 0 Å². The van der Waals surface area contributed by atoms with Gasteiger partial charge in [-0.05, 0) is 24.7 Å². The molecule has 222 valence electrons. The fraction of sp³-hybridized carbons (Fsp3) is 0.939. The van der Waals surface area contributed by atoms with Crippen LogP contribution in [0.1, 0.15) is 188 Å². The first-order valence-corrected chi connectivity index (χ1v) is 16.2. The second-order valence-corrected chi connectivity index (χ2v) is 12.2. The Kier molecular flexibility index (Phi) is 28.5. The highest BCUT2D eigenvalue weighted by Gasteiger charge is 2.49. The van der Waals surface area contributed by atoms with Crippen molar-refractivity contribution in [3.05, 3.63) is 0 Å². The highest BCUT2D eigenvalue weighted by Crippen LogP contribution is 2.52. The van der Waals surface area contributed by atoms with Crippen molar-refractivity contribution in [2.45, 2.75) is 188 Å². The maximum absolute atomic E-state index is 11.9. The number of unbranched alkanes of at least 4 members (excludes halogenated alkanes) is 20. The molecule has 1 saturated carbocycles. The Morgan fingerprint density at radius 1 is 0.568 bits per heavy atom. The van der Waals surface area contributed by atoms with E-state index in [1.807, 2.05) is 0 Å². The zero-order valence-electron chi connectivity index (χ0n) is 25.6. The SMILES string of the molecule is Br.CCCCCCCCCCCCCC(=O)C1CC1(C)C.CCCCCCCCCCCCCC(N)=O. The van der Waals surface area contributed by atoms with Crippen molar-refractivity contribution in [1.82, 2.24) is 0 Å². The molecule has 1 fully saturated rings. The molecule has 0 aromatic rings. The van der Waals surface area contributed by atoms with Crippen molar-refractivity contribution in [1.29, 1.82) is 0 Å². The summed E-state index contributed by atoms with van der Waals surface area (Å²) in [7, 11) is 0. The maximum Gasteiger partial charge on any atom is 0.217 e. The number of amides is 1. The van der Waals surface area contributed by atoms with Gasteiger partial charge in [0.15, 0.2) is 0 Å². The summed E-state index contributed by atoms with van der Waals surface area (Å²) in [6, 6.07) is 0. The third kappa shape index (κ3) is 27.0. The van der Waals surface area contributed by atoms with Gasteiger partial charge in [0.05, 0.1) is 0 Å². The molecule has 0 aromatic heterocycles. The molecule has 0 saturated heterocycles. The van der Waals surface area contributed by atoms with Crippen molar-refractivity contribution >= 4 is 28.7 Å². The van der Waals surface area contributed by atoms with Crippen molar-refractivity contribution in [2.75, 3.05) is 0 Å². The third-order valence-electron chi connectivity index (χ3n) is 7.96. The van der Waals surface area contributed by atoms with E-state index in [1.54, 1.807) is 0 Å². The average Bonchev–Trinajstić information content (AvgIpc) is 3.49. The van der Waals surface area contributed by atoms with Gasteiger partial charge in [0.25, 0.3) is 0 Å². The fourth-order valence-corrected chi connectivity index (χ4v) is 5.12. The minimum Gasteiger partial charge on any atom is -0.370 e. The molecule has 1 atom stereocenters. The van der Waals surface area contributed by atoms with Gasteiger partial charge in [-0.15, -0.1) is 17.0 Å². The highest BCUT2D eigenvalue weighted by atomic mass is 79.9. The van der Waals surface area contributed by atoms with E-state index in [2.05, 4.69) is 27.7 Å². The molecule has 1 rings (SSSR count). The molecule has 0 bridgehead atoms. The van der Waals surface area contributed by atoms with Gasteiger partial charge in [0.2, 0.25) is 5.91 Å². The van der Waals surface area contributed by atoms with E-state index in [-0.39, 0.29) is 22.9 Å². The topological polar surface area (TPSA) is 60.2 Å². The summed E-state index contributed by atoms with van der Waals surface area (Å²) < 4.78 is 0. The quantitative estimate of drug-likeness (QED) is 0.108. The lowest BCUT2D eigenvalue weighted by atomic mass is 10.0. The Balaban J connectivity index is 0. The number of hydrogen-bond acceptors (Lipinski definition) is 2. The Bertz CT molecular complexity index is 520. The molecule has 0 aromatic carbocycles. The van der Waals surface area contributed by atoms with Crippen LogP contribution < -0.4 is 5.73 Å². The van der Waals surface area contributed by atoms with Crippen LogP contribution in [-0.4, -0.2) is 11.7 Å². The molecule has 1 unspecified atom stereocenters. The van der Waals surface area contributed by atoms with Crippen molar-refractivity contribution < 1.29 is 9.59 Å². The van der Waals surface area contributed by atoms with E-state index in [4.69, 9.17) is 5.73 Å². The summed E-state index contributed by atoms with van der Waals surface area (Å²) in [5, 5.41) is 0. The van der Waals surface area contributed by atoms with Crippen LogP contribution in [0.15, 0.2) is 0 Å². The number of rotatable bonds is 25. The third-order valence-corrected chi connectivity index (χ3v) is 7.96. The number of Topliss-reactive ketones (excluding diaryl/α,β-unsaturated/α-hetero) is 1. The van der Waals surface area contributed by atoms with Gasteiger partial charge in [0, 0.05) is 18.8 Å². The zero-order chi connectivity index (χ0) is 26.9. The Labute approximate surface area is 243 Å². The number of nitrogens with two attached hydrogens (primary N) is 1.